The van der Waals surface area contributed by atoms with Gasteiger partial charge in [-0.25, -0.2) is 0 Å². The quantitative estimate of drug-likeness (QED) is 0.542. The van der Waals surface area contributed by atoms with Crippen LogP contribution in [0.4, 0.5) is 0 Å². The number of benzene rings is 2. The highest BCUT2D eigenvalue weighted by Crippen LogP contribution is 2.38. The van der Waals surface area contributed by atoms with Crippen molar-refractivity contribution in [1.29, 1.82) is 0 Å². The van der Waals surface area contributed by atoms with Crippen molar-refractivity contribution in [2.75, 3.05) is 14.2 Å². The standard InChI is InChI=1S/C22H24N2O5/c1-13(22(26)27)23-20(25)11-10-16-15-6-4-5-7-18(15)24-21(16)17-9-8-14(28-2)12-19(17)29-3/h4-9,12-13,24H,10-11H2,1-3H3,(H,23,25)(H,26,27)/t13-/m0/s1. The summed E-state index contributed by atoms with van der Waals surface area (Å²) in [7, 11) is 3.20. The Kier molecular flexibility index (Phi) is 6.07. The second kappa shape index (κ2) is 8.68. The highest BCUT2D eigenvalue weighted by molar-refractivity contribution is 5.93. The molecular weight excluding hydrogens is 372 g/mol. The summed E-state index contributed by atoms with van der Waals surface area (Å²) in [5.41, 5.74) is 3.65. The first-order chi connectivity index (χ1) is 13.9. The Hall–Kier alpha value is -3.48. The number of hydrogen-bond donors (Lipinski definition) is 3. The molecule has 0 unspecified atom stereocenters. The van der Waals surface area contributed by atoms with Crippen LogP contribution < -0.4 is 14.8 Å². The highest BCUT2D eigenvalue weighted by atomic mass is 16.5. The number of aliphatic carboxylic acids is 1. The van der Waals surface area contributed by atoms with Gasteiger partial charge in [0.1, 0.15) is 17.5 Å². The van der Waals surface area contributed by atoms with Gasteiger partial charge in [-0.3, -0.25) is 9.59 Å². The Bertz CT molecular complexity index is 1040. The van der Waals surface area contributed by atoms with Crippen LogP contribution in [0.2, 0.25) is 0 Å². The Balaban J connectivity index is 1.97. The normalized spacial score (nSPS) is 11.8. The monoisotopic (exact) mass is 396 g/mol. The molecule has 7 nitrogen and oxygen atoms in total. The number of aryl methyl sites for hydroxylation is 1. The van der Waals surface area contributed by atoms with Crippen LogP contribution in [0.5, 0.6) is 11.5 Å². The van der Waals surface area contributed by atoms with E-state index in [-0.39, 0.29) is 12.3 Å². The third kappa shape index (κ3) is 4.34. The molecule has 152 valence electrons. The fraction of sp³-hybridized carbons (Fsp3) is 0.273. The number of carboxylic acids is 1. The average Bonchev–Trinajstić information content (AvgIpc) is 3.09. The van der Waals surface area contributed by atoms with Gasteiger partial charge in [-0.2, -0.15) is 0 Å². The molecule has 0 saturated heterocycles. The predicted octanol–water partition coefficient (Wildman–Crippen LogP) is 3.37. The third-order valence-electron chi connectivity index (χ3n) is 4.84. The second-order valence-corrected chi connectivity index (χ2v) is 6.72. The van der Waals surface area contributed by atoms with Crippen molar-refractivity contribution in [3.05, 3.63) is 48.0 Å². The van der Waals surface area contributed by atoms with Gasteiger partial charge >= 0.3 is 5.97 Å². The smallest absolute Gasteiger partial charge is 0.325 e. The van der Waals surface area contributed by atoms with Gasteiger partial charge in [0.05, 0.1) is 19.9 Å². The number of methoxy groups -OCH3 is 2. The van der Waals surface area contributed by atoms with Gasteiger partial charge in [-0.1, -0.05) is 18.2 Å². The molecule has 0 aliphatic carbocycles. The molecule has 0 bridgehead atoms. The van der Waals surface area contributed by atoms with Crippen molar-refractivity contribution in [3.8, 4) is 22.8 Å². The largest absolute Gasteiger partial charge is 0.497 e. The molecule has 1 aromatic heterocycles. The summed E-state index contributed by atoms with van der Waals surface area (Å²) in [5.74, 6) is -0.0293. The lowest BCUT2D eigenvalue weighted by molar-refractivity contribution is -0.141. The molecule has 0 aliphatic heterocycles. The second-order valence-electron chi connectivity index (χ2n) is 6.72. The first-order valence-electron chi connectivity index (χ1n) is 9.28. The molecule has 2 aromatic carbocycles. The maximum atomic E-state index is 12.2. The maximum Gasteiger partial charge on any atom is 0.325 e. The van der Waals surface area contributed by atoms with Gasteiger partial charge in [-0.05, 0) is 37.1 Å². The number of H-pyrrole nitrogens is 1. The number of aromatic nitrogens is 1. The van der Waals surface area contributed by atoms with Gasteiger partial charge in [-0.15, -0.1) is 0 Å². The molecule has 0 spiro atoms. The molecule has 0 aliphatic rings. The van der Waals surface area contributed by atoms with Crippen molar-refractivity contribution in [2.24, 2.45) is 0 Å². The number of carbonyl (C=O) groups is 2. The minimum atomic E-state index is -1.06. The van der Waals surface area contributed by atoms with Crippen LogP contribution in [0.1, 0.15) is 18.9 Å². The first-order valence-corrected chi connectivity index (χ1v) is 9.28. The Morgan fingerprint density at radius 3 is 2.59 bits per heavy atom. The molecule has 0 radical (unpaired) electrons. The SMILES string of the molecule is COc1ccc(-c2[nH]c3ccccc3c2CCC(=O)N[C@@H](C)C(=O)O)c(OC)c1. The predicted molar refractivity (Wildman–Crippen MR) is 110 cm³/mol. The summed E-state index contributed by atoms with van der Waals surface area (Å²) in [4.78, 5) is 26.6. The summed E-state index contributed by atoms with van der Waals surface area (Å²) in [6.07, 6.45) is 0.623. The zero-order chi connectivity index (χ0) is 21.0. The van der Waals surface area contributed by atoms with E-state index in [0.29, 0.717) is 17.9 Å². The van der Waals surface area contributed by atoms with Crippen LogP contribution in [0.25, 0.3) is 22.2 Å². The van der Waals surface area contributed by atoms with E-state index in [1.165, 1.54) is 6.92 Å². The van der Waals surface area contributed by atoms with Gasteiger partial charge in [0, 0.05) is 29.0 Å². The van der Waals surface area contributed by atoms with Crippen LogP contribution >= 0.6 is 0 Å². The lowest BCUT2D eigenvalue weighted by Crippen LogP contribution is -2.38. The minimum absolute atomic E-state index is 0.172. The van der Waals surface area contributed by atoms with Crippen molar-refractivity contribution in [3.63, 3.8) is 0 Å². The van der Waals surface area contributed by atoms with Crippen LogP contribution in [-0.2, 0) is 16.0 Å². The number of para-hydroxylation sites is 1. The molecule has 29 heavy (non-hydrogen) atoms. The molecule has 3 rings (SSSR count). The van der Waals surface area contributed by atoms with Gasteiger partial charge in [0.2, 0.25) is 5.91 Å². The number of amides is 1. The van der Waals surface area contributed by atoms with E-state index in [0.717, 1.165) is 27.7 Å². The molecule has 1 amide bonds. The number of carbonyl (C=O) groups excluding carboxylic acids is 1. The summed E-state index contributed by atoms with van der Waals surface area (Å²) in [6.45, 7) is 1.44. The van der Waals surface area contributed by atoms with Crippen molar-refractivity contribution < 1.29 is 24.2 Å². The van der Waals surface area contributed by atoms with Gasteiger partial charge < -0.3 is 24.9 Å². The molecule has 0 saturated carbocycles. The van der Waals surface area contributed by atoms with Crippen molar-refractivity contribution >= 4 is 22.8 Å². The average molecular weight is 396 g/mol. The number of fused-ring (bicyclic) bond motifs is 1. The van der Waals surface area contributed by atoms with E-state index in [1.54, 1.807) is 14.2 Å². The van der Waals surface area contributed by atoms with Gasteiger partial charge in [0.25, 0.3) is 0 Å². The Labute approximate surface area is 168 Å². The Morgan fingerprint density at radius 1 is 1.14 bits per heavy atom. The molecule has 1 heterocycles. The molecule has 1 atom stereocenters. The minimum Gasteiger partial charge on any atom is -0.497 e. The molecular formula is C22H24N2O5. The molecule has 0 fully saturated rings. The first kappa shape index (κ1) is 20.3. The number of aromatic amines is 1. The zero-order valence-electron chi connectivity index (χ0n) is 16.6. The third-order valence-corrected chi connectivity index (χ3v) is 4.84. The summed E-state index contributed by atoms with van der Waals surface area (Å²) < 4.78 is 10.8. The number of nitrogens with one attached hydrogen (secondary N) is 2. The van der Waals surface area contributed by atoms with Crippen LogP contribution in [0.15, 0.2) is 42.5 Å². The molecule has 3 aromatic rings. The summed E-state index contributed by atoms with van der Waals surface area (Å²) in [6, 6.07) is 12.5. The summed E-state index contributed by atoms with van der Waals surface area (Å²) in [5, 5.41) is 12.5. The summed E-state index contributed by atoms with van der Waals surface area (Å²) >= 11 is 0. The molecule has 3 N–H and O–H groups in total. The lowest BCUT2D eigenvalue weighted by Gasteiger charge is -2.12. The lowest BCUT2D eigenvalue weighted by atomic mass is 10.00. The van der Waals surface area contributed by atoms with Gasteiger partial charge in [0.15, 0.2) is 0 Å². The van der Waals surface area contributed by atoms with Crippen LogP contribution in [0, 0.1) is 0 Å². The van der Waals surface area contributed by atoms with Crippen molar-refractivity contribution in [2.45, 2.75) is 25.8 Å². The highest BCUT2D eigenvalue weighted by Gasteiger charge is 2.19. The number of rotatable bonds is 8. The number of ether oxygens (including phenoxy) is 2. The van der Waals surface area contributed by atoms with Crippen LogP contribution in [-0.4, -0.2) is 42.2 Å². The number of carboxylic acid groups (broad SMARTS) is 1. The van der Waals surface area contributed by atoms with E-state index >= 15 is 0 Å². The van der Waals surface area contributed by atoms with E-state index in [2.05, 4.69) is 10.3 Å². The van der Waals surface area contributed by atoms with E-state index in [9.17, 15) is 9.59 Å². The number of hydrogen-bond acceptors (Lipinski definition) is 4. The fourth-order valence-corrected chi connectivity index (χ4v) is 3.31. The van der Waals surface area contributed by atoms with Crippen LogP contribution in [0.3, 0.4) is 0 Å². The Morgan fingerprint density at radius 2 is 1.90 bits per heavy atom. The van der Waals surface area contributed by atoms with Crippen molar-refractivity contribution in [1.82, 2.24) is 10.3 Å². The molecule has 7 heteroatoms. The van der Waals surface area contributed by atoms with E-state index in [1.807, 2.05) is 42.5 Å². The van der Waals surface area contributed by atoms with E-state index < -0.39 is 12.0 Å². The zero-order valence-corrected chi connectivity index (χ0v) is 16.6. The fourth-order valence-electron chi connectivity index (χ4n) is 3.31. The topological polar surface area (TPSA) is 101 Å². The van der Waals surface area contributed by atoms with E-state index in [4.69, 9.17) is 14.6 Å². The maximum absolute atomic E-state index is 12.2.